The maximum absolute atomic E-state index is 5.01. The highest BCUT2D eigenvalue weighted by atomic mass is 32.1. The normalized spacial score (nSPS) is 11.9. The largest absolute Gasteiger partial charge is 0.309 e. The molecule has 0 aliphatic heterocycles. The van der Waals surface area contributed by atoms with Crippen LogP contribution in [0.3, 0.4) is 0 Å². The predicted octanol–water partition coefficient (Wildman–Crippen LogP) is 14.4. The molecule has 0 aliphatic rings. The second-order valence-corrected chi connectivity index (χ2v) is 16.5. The number of rotatable bonds is 5. The van der Waals surface area contributed by atoms with Crippen LogP contribution in [0.5, 0.6) is 0 Å². The minimum Gasteiger partial charge on any atom is -0.309 e. The summed E-state index contributed by atoms with van der Waals surface area (Å²) in [7, 11) is 0. The van der Waals surface area contributed by atoms with E-state index in [1.165, 1.54) is 79.0 Å². The van der Waals surface area contributed by atoms with Gasteiger partial charge in [0.2, 0.25) is 0 Å². The fourth-order valence-corrected chi connectivity index (χ4v) is 10.8. The van der Waals surface area contributed by atoms with E-state index in [1.807, 2.05) is 83.3 Å². The van der Waals surface area contributed by atoms with E-state index < -0.39 is 0 Å². The Bertz CT molecular complexity index is 3410. The molecule has 6 heteroatoms. The van der Waals surface area contributed by atoms with Crippen LogP contribution in [0.2, 0.25) is 0 Å². The van der Waals surface area contributed by atoms with Crippen molar-refractivity contribution in [2.24, 2.45) is 0 Å². The van der Waals surface area contributed by atoms with Crippen LogP contribution < -0.4 is 0 Å². The van der Waals surface area contributed by atoms with E-state index in [4.69, 9.17) is 15.0 Å². The first-order valence-corrected chi connectivity index (χ1v) is 20.7. The van der Waals surface area contributed by atoms with Crippen LogP contribution >= 0.6 is 22.7 Å². The first-order chi connectivity index (χ1) is 28.2. The number of nitrogens with zero attached hydrogens (tertiary/aromatic N) is 4. The van der Waals surface area contributed by atoms with Gasteiger partial charge in [-0.25, -0.2) is 15.0 Å². The molecule has 0 saturated carbocycles. The van der Waals surface area contributed by atoms with Crippen LogP contribution in [-0.2, 0) is 0 Å². The molecule has 0 saturated heterocycles. The molecule has 4 heterocycles. The van der Waals surface area contributed by atoms with Crippen LogP contribution in [0, 0.1) is 0 Å². The molecule has 4 nitrogen and oxygen atoms in total. The molecule has 0 atom stereocenters. The predicted molar refractivity (Wildman–Crippen MR) is 242 cm³/mol. The Kier molecular flexibility index (Phi) is 7.24. The van der Waals surface area contributed by atoms with Crippen molar-refractivity contribution in [3.05, 3.63) is 182 Å². The highest BCUT2D eigenvalue weighted by molar-refractivity contribution is 7.26. The molecule has 0 fully saturated rings. The maximum atomic E-state index is 5.01. The van der Waals surface area contributed by atoms with E-state index in [2.05, 4.69) is 126 Å². The number of hydrogen-bond donors (Lipinski definition) is 0. The molecule has 8 aromatic carbocycles. The van der Waals surface area contributed by atoms with Crippen LogP contribution in [0.15, 0.2) is 182 Å². The average Bonchev–Trinajstić information content (AvgIpc) is 3.96. The number of fused-ring (bicyclic) bond motifs is 9. The van der Waals surface area contributed by atoms with Crippen molar-refractivity contribution in [1.82, 2.24) is 19.5 Å². The molecule has 0 aliphatic carbocycles. The van der Waals surface area contributed by atoms with Gasteiger partial charge in [0.15, 0.2) is 17.5 Å². The van der Waals surface area contributed by atoms with Crippen molar-refractivity contribution in [3.63, 3.8) is 0 Å². The minimum atomic E-state index is 0.663. The van der Waals surface area contributed by atoms with Crippen molar-refractivity contribution in [1.29, 1.82) is 0 Å². The summed E-state index contributed by atoms with van der Waals surface area (Å²) in [4.78, 5) is 14.9. The molecule has 266 valence electrons. The lowest BCUT2D eigenvalue weighted by atomic mass is 10.00. The number of hydrogen-bond acceptors (Lipinski definition) is 5. The third-order valence-electron chi connectivity index (χ3n) is 11.1. The zero-order chi connectivity index (χ0) is 37.5. The van der Waals surface area contributed by atoms with Crippen LogP contribution in [0.25, 0.3) is 113 Å². The van der Waals surface area contributed by atoms with Gasteiger partial charge in [-0.2, -0.15) is 0 Å². The highest BCUT2D eigenvalue weighted by Crippen LogP contribution is 2.45. The van der Waals surface area contributed by atoms with Gasteiger partial charge < -0.3 is 4.57 Å². The Hall–Kier alpha value is -6.99. The fraction of sp³-hybridized carbons (Fsp3) is 0. The van der Waals surface area contributed by atoms with Crippen molar-refractivity contribution < 1.29 is 0 Å². The monoisotopic (exact) mass is 762 g/mol. The summed E-state index contributed by atoms with van der Waals surface area (Å²) >= 11 is 3.70. The quantitative estimate of drug-likeness (QED) is 0.175. The lowest BCUT2D eigenvalue weighted by Crippen LogP contribution is -1.99. The molecule has 0 amide bonds. The van der Waals surface area contributed by atoms with E-state index in [0.717, 1.165) is 16.7 Å². The van der Waals surface area contributed by atoms with Gasteiger partial charge in [0.05, 0.1) is 16.7 Å². The smallest absolute Gasteiger partial charge is 0.164 e. The van der Waals surface area contributed by atoms with Crippen LogP contribution in [-0.4, -0.2) is 19.5 Å². The summed E-state index contributed by atoms with van der Waals surface area (Å²) in [5.41, 5.74) is 9.01. The Morgan fingerprint density at radius 2 is 0.947 bits per heavy atom. The molecule has 0 spiro atoms. The number of thiophene rings is 2. The molecule has 12 aromatic rings. The Balaban J connectivity index is 1.02. The summed E-state index contributed by atoms with van der Waals surface area (Å²) in [5, 5.41) is 7.61. The van der Waals surface area contributed by atoms with E-state index in [9.17, 15) is 0 Å². The molecule has 12 rings (SSSR count). The van der Waals surface area contributed by atoms with Gasteiger partial charge in [0.1, 0.15) is 0 Å². The zero-order valence-electron chi connectivity index (χ0n) is 30.4. The molecule has 0 radical (unpaired) electrons. The van der Waals surface area contributed by atoms with E-state index in [1.54, 1.807) is 0 Å². The summed E-state index contributed by atoms with van der Waals surface area (Å²) in [6.45, 7) is 0. The average molecular weight is 763 g/mol. The molecule has 0 bridgehead atoms. The molecule has 0 N–H and O–H groups in total. The molecule has 57 heavy (non-hydrogen) atoms. The van der Waals surface area contributed by atoms with E-state index in [0.29, 0.717) is 17.5 Å². The van der Waals surface area contributed by atoms with Gasteiger partial charge >= 0.3 is 0 Å². The third kappa shape index (κ3) is 5.15. The lowest BCUT2D eigenvalue weighted by molar-refractivity contribution is 1.07. The van der Waals surface area contributed by atoms with Gasteiger partial charge in [-0.3, -0.25) is 0 Å². The number of para-hydroxylation sites is 2. The number of benzene rings is 8. The lowest BCUT2D eigenvalue weighted by Gasteiger charge is -2.11. The standard InChI is InChI=1S/C51H30N4S2/c1-3-13-31(14-4-1)49-52-50(32-15-5-2-6-16-32)54-51(53-49)34-25-27-38-39-20-11-19-35(48(39)57-46(38)30-34)33-26-28-44-40(29-33)47-43(23-12-24-45(47)56-44)55-41-21-9-7-17-36(41)37-18-8-10-22-42(37)55/h1-30H. The van der Waals surface area contributed by atoms with Gasteiger partial charge in [0.25, 0.3) is 0 Å². The van der Waals surface area contributed by atoms with Crippen molar-refractivity contribution in [3.8, 4) is 51.0 Å². The Morgan fingerprint density at radius 3 is 1.65 bits per heavy atom. The first-order valence-electron chi connectivity index (χ1n) is 19.0. The summed E-state index contributed by atoms with van der Waals surface area (Å²) < 4.78 is 7.51. The van der Waals surface area contributed by atoms with Crippen molar-refractivity contribution >= 4 is 84.8 Å². The maximum Gasteiger partial charge on any atom is 0.164 e. The zero-order valence-corrected chi connectivity index (χ0v) is 32.1. The highest BCUT2D eigenvalue weighted by Gasteiger charge is 2.19. The second-order valence-electron chi connectivity index (χ2n) is 14.4. The Morgan fingerprint density at radius 1 is 0.351 bits per heavy atom. The number of aromatic nitrogens is 4. The van der Waals surface area contributed by atoms with Crippen LogP contribution in [0.4, 0.5) is 0 Å². The summed E-state index contributed by atoms with van der Waals surface area (Å²) in [5.74, 6) is 1.99. The summed E-state index contributed by atoms with van der Waals surface area (Å²) in [6.07, 6.45) is 0. The summed E-state index contributed by atoms with van der Waals surface area (Å²) in [6, 6.07) is 64.9. The molecular formula is C51H30N4S2. The van der Waals surface area contributed by atoms with Crippen molar-refractivity contribution in [2.45, 2.75) is 0 Å². The van der Waals surface area contributed by atoms with Crippen molar-refractivity contribution in [2.75, 3.05) is 0 Å². The topological polar surface area (TPSA) is 43.6 Å². The SMILES string of the molecule is c1ccc(-c2nc(-c3ccccc3)nc(-c3ccc4c(c3)sc3c(-c5ccc6sc7cccc(-n8c9ccccc9c9ccccc98)c7c6c5)cccc34)n2)cc1. The molecule has 0 unspecified atom stereocenters. The first kappa shape index (κ1) is 32.3. The minimum absolute atomic E-state index is 0.663. The van der Waals surface area contributed by atoms with Gasteiger partial charge in [0, 0.05) is 67.8 Å². The van der Waals surface area contributed by atoms with E-state index in [-0.39, 0.29) is 0 Å². The molecule has 4 aromatic heterocycles. The second kappa shape index (κ2) is 12.8. The fourth-order valence-electron chi connectivity index (χ4n) is 8.45. The van der Waals surface area contributed by atoms with Gasteiger partial charge in [-0.15, -0.1) is 22.7 Å². The molecular weight excluding hydrogens is 733 g/mol. The van der Waals surface area contributed by atoms with Gasteiger partial charge in [-0.1, -0.05) is 140 Å². The third-order valence-corrected chi connectivity index (χ3v) is 13.4. The van der Waals surface area contributed by atoms with E-state index >= 15 is 0 Å². The van der Waals surface area contributed by atoms with Gasteiger partial charge in [-0.05, 0) is 53.6 Å². The Labute approximate surface area is 335 Å². The van der Waals surface area contributed by atoms with Crippen LogP contribution in [0.1, 0.15) is 0 Å².